The second kappa shape index (κ2) is 7.85. The van der Waals surface area contributed by atoms with Gasteiger partial charge in [0.1, 0.15) is 11.6 Å². The van der Waals surface area contributed by atoms with Crippen LogP contribution in [-0.2, 0) is 0 Å². The molecule has 0 aromatic heterocycles. The molecule has 0 bridgehead atoms. The van der Waals surface area contributed by atoms with E-state index in [0.717, 1.165) is 38.0 Å². The van der Waals surface area contributed by atoms with Crippen LogP contribution in [0.1, 0.15) is 50.6 Å². The summed E-state index contributed by atoms with van der Waals surface area (Å²) >= 11 is 0. The minimum Gasteiger partial charge on any atom is -0.324 e. The molecule has 0 radical (unpaired) electrons. The first-order valence-electron chi connectivity index (χ1n) is 8.02. The van der Waals surface area contributed by atoms with Crippen molar-refractivity contribution in [2.24, 2.45) is 11.7 Å². The molecular weight excluding hydrogens is 270 g/mol. The minimum absolute atomic E-state index is 0.305. The lowest BCUT2D eigenvalue weighted by atomic mass is 9.98. The maximum absolute atomic E-state index is 13.2. The van der Waals surface area contributed by atoms with Crippen LogP contribution >= 0.6 is 0 Å². The highest BCUT2D eigenvalue weighted by atomic mass is 19.1. The molecule has 0 amide bonds. The Kier molecular flexibility index (Phi) is 6.12. The van der Waals surface area contributed by atoms with Gasteiger partial charge >= 0.3 is 0 Å². The summed E-state index contributed by atoms with van der Waals surface area (Å²) in [4.78, 5) is 2.44. The quantitative estimate of drug-likeness (QED) is 0.894. The van der Waals surface area contributed by atoms with E-state index in [1.165, 1.54) is 37.8 Å². The van der Waals surface area contributed by atoms with Gasteiger partial charge in [0.25, 0.3) is 0 Å². The van der Waals surface area contributed by atoms with Crippen LogP contribution in [0.15, 0.2) is 18.2 Å². The Balaban J connectivity index is 1.84. The predicted octanol–water partition coefficient (Wildman–Crippen LogP) is 3.87. The molecule has 0 spiro atoms. The molecule has 1 aliphatic rings. The second-order valence-corrected chi connectivity index (χ2v) is 6.14. The van der Waals surface area contributed by atoms with Gasteiger partial charge in [-0.3, -0.25) is 0 Å². The van der Waals surface area contributed by atoms with Gasteiger partial charge < -0.3 is 10.6 Å². The van der Waals surface area contributed by atoms with E-state index in [9.17, 15) is 8.78 Å². The van der Waals surface area contributed by atoms with Crippen LogP contribution in [0.5, 0.6) is 0 Å². The van der Waals surface area contributed by atoms with Crippen LogP contribution in [0, 0.1) is 17.6 Å². The van der Waals surface area contributed by atoms with Gasteiger partial charge in [0.05, 0.1) is 0 Å². The first-order valence-corrected chi connectivity index (χ1v) is 8.02. The molecule has 4 heteroatoms. The molecule has 2 N–H and O–H groups in total. The number of halogens is 2. The normalized spacial score (nSPS) is 22.0. The van der Waals surface area contributed by atoms with Crippen LogP contribution in [0.25, 0.3) is 0 Å². The highest BCUT2D eigenvalue weighted by Crippen LogP contribution is 2.22. The SMILES string of the molecule is CCC1CCCN(CCC(N)c2cc(F)cc(F)c2)CC1. The fourth-order valence-corrected chi connectivity index (χ4v) is 3.13. The van der Waals surface area contributed by atoms with E-state index in [0.29, 0.717) is 5.56 Å². The number of nitrogens with two attached hydrogens (primary N) is 1. The molecule has 1 heterocycles. The number of hydrogen-bond donors (Lipinski definition) is 1. The number of benzene rings is 1. The zero-order valence-corrected chi connectivity index (χ0v) is 12.8. The Hall–Kier alpha value is -1.00. The van der Waals surface area contributed by atoms with E-state index in [-0.39, 0.29) is 6.04 Å². The number of hydrogen-bond acceptors (Lipinski definition) is 2. The summed E-state index contributed by atoms with van der Waals surface area (Å²) in [5.74, 6) is -0.261. The smallest absolute Gasteiger partial charge is 0.126 e. The van der Waals surface area contributed by atoms with Gasteiger partial charge in [0.15, 0.2) is 0 Å². The Morgan fingerprint density at radius 1 is 1.19 bits per heavy atom. The summed E-state index contributed by atoms with van der Waals surface area (Å²) in [5.41, 5.74) is 6.63. The first-order chi connectivity index (χ1) is 10.1. The lowest BCUT2D eigenvalue weighted by Crippen LogP contribution is -2.28. The highest BCUT2D eigenvalue weighted by molar-refractivity contribution is 5.21. The lowest BCUT2D eigenvalue weighted by molar-refractivity contribution is 0.269. The first kappa shape index (κ1) is 16.4. The van der Waals surface area contributed by atoms with Gasteiger partial charge in [-0.15, -0.1) is 0 Å². The van der Waals surface area contributed by atoms with E-state index < -0.39 is 11.6 Å². The molecule has 2 atom stereocenters. The van der Waals surface area contributed by atoms with Gasteiger partial charge in [-0.25, -0.2) is 8.78 Å². The average molecular weight is 296 g/mol. The third-order valence-corrected chi connectivity index (χ3v) is 4.59. The zero-order chi connectivity index (χ0) is 15.2. The molecule has 1 saturated heterocycles. The standard InChI is InChI=1S/C17H26F2N2/c1-2-13-4-3-7-21(8-5-13)9-6-17(20)14-10-15(18)12-16(19)11-14/h10-13,17H,2-9,20H2,1H3. The van der Waals surface area contributed by atoms with E-state index in [1.807, 2.05) is 0 Å². The average Bonchev–Trinajstić information content (AvgIpc) is 2.68. The minimum atomic E-state index is -0.555. The van der Waals surface area contributed by atoms with Crippen molar-refractivity contribution in [3.8, 4) is 0 Å². The Morgan fingerprint density at radius 2 is 1.90 bits per heavy atom. The summed E-state index contributed by atoms with van der Waals surface area (Å²) in [6, 6.07) is 3.25. The van der Waals surface area contributed by atoms with Gasteiger partial charge in [-0.05, 0) is 68.9 Å². The van der Waals surface area contributed by atoms with Gasteiger partial charge in [0.2, 0.25) is 0 Å². The van der Waals surface area contributed by atoms with E-state index in [4.69, 9.17) is 5.73 Å². The van der Waals surface area contributed by atoms with Crippen molar-refractivity contribution >= 4 is 0 Å². The van der Waals surface area contributed by atoms with Crippen LogP contribution in [0.3, 0.4) is 0 Å². The van der Waals surface area contributed by atoms with Gasteiger partial charge in [-0.2, -0.15) is 0 Å². The maximum Gasteiger partial charge on any atom is 0.126 e. The summed E-state index contributed by atoms with van der Waals surface area (Å²) in [7, 11) is 0. The van der Waals surface area contributed by atoms with Crippen molar-refractivity contribution in [2.75, 3.05) is 19.6 Å². The van der Waals surface area contributed by atoms with Crippen molar-refractivity contribution in [1.82, 2.24) is 4.90 Å². The van der Waals surface area contributed by atoms with Crippen molar-refractivity contribution in [3.63, 3.8) is 0 Å². The zero-order valence-electron chi connectivity index (χ0n) is 12.8. The van der Waals surface area contributed by atoms with Crippen LogP contribution in [0.2, 0.25) is 0 Å². The maximum atomic E-state index is 13.2. The molecule has 21 heavy (non-hydrogen) atoms. The lowest BCUT2D eigenvalue weighted by Gasteiger charge is -2.22. The van der Waals surface area contributed by atoms with Crippen LogP contribution < -0.4 is 5.73 Å². The van der Waals surface area contributed by atoms with E-state index >= 15 is 0 Å². The van der Waals surface area contributed by atoms with Crippen LogP contribution in [-0.4, -0.2) is 24.5 Å². The van der Waals surface area contributed by atoms with Crippen molar-refractivity contribution in [2.45, 2.75) is 45.1 Å². The second-order valence-electron chi connectivity index (χ2n) is 6.14. The van der Waals surface area contributed by atoms with E-state index in [2.05, 4.69) is 11.8 Å². The molecule has 1 aromatic carbocycles. The Morgan fingerprint density at radius 3 is 2.57 bits per heavy atom. The number of likely N-dealkylation sites (tertiary alicyclic amines) is 1. The topological polar surface area (TPSA) is 29.3 Å². The predicted molar refractivity (Wildman–Crippen MR) is 82.0 cm³/mol. The van der Waals surface area contributed by atoms with Crippen molar-refractivity contribution < 1.29 is 8.78 Å². The highest BCUT2D eigenvalue weighted by Gasteiger charge is 2.17. The third kappa shape index (κ3) is 5.04. The molecule has 1 aliphatic heterocycles. The fourth-order valence-electron chi connectivity index (χ4n) is 3.13. The molecule has 1 fully saturated rings. The number of rotatable bonds is 5. The molecule has 2 unspecified atom stereocenters. The summed E-state index contributed by atoms with van der Waals surface area (Å²) < 4.78 is 26.4. The Bertz CT molecular complexity index is 430. The Labute approximate surface area is 126 Å². The van der Waals surface area contributed by atoms with Gasteiger partial charge in [0, 0.05) is 12.1 Å². The summed E-state index contributed by atoms with van der Waals surface area (Å²) in [6.45, 7) is 5.38. The van der Waals surface area contributed by atoms with Crippen molar-refractivity contribution in [1.29, 1.82) is 0 Å². The molecule has 0 saturated carbocycles. The molecule has 2 rings (SSSR count). The van der Waals surface area contributed by atoms with Crippen LogP contribution in [0.4, 0.5) is 8.78 Å². The molecule has 2 nitrogen and oxygen atoms in total. The molecule has 0 aliphatic carbocycles. The summed E-state index contributed by atoms with van der Waals surface area (Å²) in [5, 5.41) is 0. The third-order valence-electron chi connectivity index (χ3n) is 4.59. The number of nitrogens with zero attached hydrogens (tertiary/aromatic N) is 1. The van der Waals surface area contributed by atoms with Gasteiger partial charge in [-0.1, -0.05) is 13.3 Å². The van der Waals surface area contributed by atoms with E-state index in [1.54, 1.807) is 0 Å². The molecule has 1 aromatic rings. The van der Waals surface area contributed by atoms with Crippen molar-refractivity contribution in [3.05, 3.63) is 35.4 Å². The molecular formula is C17H26F2N2. The molecule has 118 valence electrons. The summed E-state index contributed by atoms with van der Waals surface area (Å²) in [6.07, 6.45) is 5.80. The monoisotopic (exact) mass is 296 g/mol. The fraction of sp³-hybridized carbons (Fsp3) is 0.647. The largest absolute Gasteiger partial charge is 0.324 e.